The Bertz CT molecular complexity index is 1460. The number of amides is 2. The predicted molar refractivity (Wildman–Crippen MR) is 125 cm³/mol. The first-order chi connectivity index (χ1) is 16.3. The third-order valence-corrected chi connectivity index (χ3v) is 5.85. The van der Waals surface area contributed by atoms with Gasteiger partial charge >= 0.3 is 0 Å². The van der Waals surface area contributed by atoms with E-state index in [0.717, 1.165) is 23.9 Å². The molecule has 10 heteroatoms. The Morgan fingerprint density at radius 1 is 1.00 bits per heavy atom. The van der Waals surface area contributed by atoms with Crippen molar-refractivity contribution in [2.45, 2.75) is 12.1 Å². The van der Waals surface area contributed by atoms with Crippen LogP contribution in [0.3, 0.4) is 0 Å². The normalized spacial score (nSPS) is 10.8. The van der Waals surface area contributed by atoms with Gasteiger partial charge in [-0.15, -0.1) is 0 Å². The minimum atomic E-state index is -0.616. The molecule has 0 atom stereocenters. The Labute approximate surface area is 196 Å². The zero-order chi connectivity index (χ0) is 24.2. The second kappa shape index (κ2) is 9.84. The van der Waals surface area contributed by atoms with Crippen molar-refractivity contribution in [3.05, 3.63) is 99.8 Å². The molecule has 0 aliphatic heterocycles. The number of benzene rings is 3. The summed E-state index contributed by atoms with van der Waals surface area (Å²) in [6.07, 6.45) is 0. The van der Waals surface area contributed by atoms with E-state index in [4.69, 9.17) is 0 Å². The molecule has 2 N–H and O–H groups in total. The second-order valence-corrected chi connectivity index (χ2v) is 8.23. The fraction of sp³-hybridized carbons (Fsp3) is 0.0833. The molecule has 0 unspecified atom stereocenters. The molecule has 0 bridgehead atoms. The molecule has 4 rings (SSSR count). The third-order valence-electron chi connectivity index (χ3n) is 4.91. The molecule has 2 amide bonds. The van der Waals surface area contributed by atoms with E-state index in [2.05, 4.69) is 15.8 Å². The first kappa shape index (κ1) is 23.1. The van der Waals surface area contributed by atoms with Crippen molar-refractivity contribution < 1.29 is 18.4 Å². The molecule has 3 aromatic carbocycles. The summed E-state index contributed by atoms with van der Waals surface area (Å²) in [6.45, 7) is 1.61. The van der Waals surface area contributed by atoms with Crippen LogP contribution >= 0.6 is 11.8 Å². The summed E-state index contributed by atoms with van der Waals surface area (Å²) in [7, 11) is 0. The number of carbonyl (C=O) groups excluding carboxylic acids is 2. The number of hydrazine groups is 1. The van der Waals surface area contributed by atoms with Crippen LogP contribution in [-0.4, -0.2) is 27.1 Å². The molecule has 1 heterocycles. The van der Waals surface area contributed by atoms with E-state index >= 15 is 0 Å². The van der Waals surface area contributed by atoms with Crippen molar-refractivity contribution >= 4 is 34.5 Å². The number of hydrogen-bond donors (Lipinski definition) is 2. The number of aromatic nitrogens is 2. The number of fused-ring (bicyclic) bond motifs is 1. The molecule has 0 aliphatic rings. The molecule has 7 nitrogen and oxygen atoms in total. The Kier molecular flexibility index (Phi) is 6.69. The van der Waals surface area contributed by atoms with Gasteiger partial charge in [-0.2, -0.15) is 0 Å². The second-order valence-electron chi connectivity index (χ2n) is 7.28. The van der Waals surface area contributed by atoms with Crippen molar-refractivity contribution in [3.8, 4) is 5.69 Å². The van der Waals surface area contributed by atoms with E-state index < -0.39 is 29.0 Å². The Balaban J connectivity index is 1.55. The van der Waals surface area contributed by atoms with E-state index in [1.54, 1.807) is 43.3 Å². The molecule has 0 fully saturated rings. The van der Waals surface area contributed by atoms with E-state index in [9.17, 15) is 23.2 Å². The largest absolute Gasteiger partial charge is 0.272 e. The van der Waals surface area contributed by atoms with Crippen LogP contribution in [0.1, 0.15) is 15.9 Å². The monoisotopic (exact) mass is 480 g/mol. The van der Waals surface area contributed by atoms with Gasteiger partial charge in [-0.25, -0.2) is 13.8 Å². The summed E-state index contributed by atoms with van der Waals surface area (Å²) in [4.78, 5) is 42.1. The number of nitrogens with one attached hydrogen (secondary N) is 2. The summed E-state index contributed by atoms with van der Waals surface area (Å²) in [5, 5.41) is 0.538. The molecule has 4 aromatic rings. The Hall–Kier alpha value is -4.05. The number of hydrogen-bond acceptors (Lipinski definition) is 5. The third kappa shape index (κ3) is 4.96. The van der Waals surface area contributed by atoms with Crippen LogP contribution in [-0.2, 0) is 4.79 Å². The number of rotatable bonds is 5. The van der Waals surface area contributed by atoms with Gasteiger partial charge in [-0.05, 0) is 61.0 Å². The van der Waals surface area contributed by atoms with Crippen LogP contribution < -0.4 is 16.4 Å². The Morgan fingerprint density at radius 3 is 2.47 bits per heavy atom. The average Bonchev–Trinajstić information content (AvgIpc) is 2.83. The van der Waals surface area contributed by atoms with Crippen molar-refractivity contribution in [2.24, 2.45) is 0 Å². The lowest BCUT2D eigenvalue weighted by atomic mass is 10.2. The lowest BCUT2D eigenvalue weighted by Crippen LogP contribution is -2.42. The molecule has 0 radical (unpaired) electrons. The smallest absolute Gasteiger partial charge is 0.269 e. The molecule has 172 valence electrons. The SMILES string of the molecule is Cc1ccc(-n2c(SCC(=O)NNC(=O)c3ccc(F)cc3)nc3ccccc3c2=O)cc1F. The molecular formula is C24H18F2N4O3S. The molecular weight excluding hydrogens is 462 g/mol. The summed E-state index contributed by atoms with van der Waals surface area (Å²) >= 11 is 0.955. The summed E-state index contributed by atoms with van der Waals surface area (Å²) in [5.74, 6) is -2.34. The van der Waals surface area contributed by atoms with Crippen LogP contribution in [0.2, 0.25) is 0 Å². The zero-order valence-corrected chi connectivity index (χ0v) is 18.7. The number of nitrogens with zero attached hydrogens (tertiary/aromatic N) is 2. The van der Waals surface area contributed by atoms with Gasteiger partial charge in [0.15, 0.2) is 5.16 Å². The number of thioether (sulfide) groups is 1. The van der Waals surface area contributed by atoms with Gasteiger partial charge in [0.05, 0.1) is 22.3 Å². The average molecular weight is 480 g/mol. The summed E-state index contributed by atoms with van der Waals surface area (Å²) < 4.78 is 28.5. The summed E-state index contributed by atoms with van der Waals surface area (Å²) in [5.41, 5.74) is 5.41. The van der Waals surface area contributed by atoms with E-state index in [1.807, 2.05) is 0 Å². The van der Waals surface area contributed by atoms with E-state index in [0.29, 0.717) is 16.5 Å². The van der Waals surface area contributed by atoms with Crippen LogP contribution in [0.25, 0.3) is 16.6 Å². The van der Waals surface area contributed by atoms with Crippen LogP contribution in [0, 0.1) is 18.6 Å². The zero-order valence-electron chi connectivity index (χ0n) is 17.8. The first-order valence-electron chi connectivity index (χ1n) is 10.1. The van der Waals surface area contributed by atoms with Gasteiger partial charge in [0, 0.05) is 5.56 Å². The topological polar surface area (TPSA) is 93.1 Å². The van der Waals surface area contributed by atoms with Gasteiger partial charge in [-0.3, -0.25) is 29.8 Å². The minimum Gasteiger partial charge on any atom is -0.272 e. The van der Waals surface area contributed by atoms with E-state index in [1.165, 1.54) is 22.8 Å². The fourth-order valence-electron chi connectivity index (χ4n) is 3.12. The highest BCUT2D eigenvalue weighted by Crippen LogP contribution is 2.22. The fourth-order valence-corrected chi connectivity index (χ4v) is 3.94. The molecule has 0 saturated heterocycles. The van der Waals surface area contributed by atoms with E-state index in [-0.39, 0.29) is 22.2 Å². The van der Waals surface area contributed by atoms with Crippen molar-refractivity contribution in [1.82, 2.24) is 20.4 Å². The van der Waals surface area contributed by atoms with Crippen LogP contribution in [0.15, 0.2) is 76.7 Å². The van der Waals surface area contributed by atoms with Gasteiger partial charge in [-0.1, -0.05) is 30.0 Å². The Morgan fingerprint density at radius 2 is 1.74 bits per heavy atom. The van der Waals surface area contributed by atoms with Crippen molar-refractivity contribution in [2.75, 3.05) is 5.75 Å². The molecule has 0 aliphatic carbocycles. The highest BCUT2D eigenvalue weighted by atomic mass is 32.2. The van der Waals surface area contributed by atoms with Gasteiger partial charge in [0.25, 0.3) is 11.5 Å². The van der Waals surface area contributed by atoms with Gasteiger partial charge in [0.2, 0.25) is 5.91 Å². The lowest BCUT2D eigenvalue weighted by Gasteiger charge is -2.14. The highest BCUT2D eigenvalue weighted by molar-refractivity contribution is 7.99. The standard InChI is InChI=1S/C24H18F2N4O3S/c1-14-6-11-17(12-19(14)26)30-23(33)18-4-2-3-5-20(18)27-24(30)34-13-21(31)28-29-22(32)15-7-9-16(25)10-8-15/h2-12H,13H2,1H3,(H,28,31)(H,29,32). The van der Waals surface area contributed by atoms with Gasteiger partial charge < -0.3 is 0 Å². The number of para-hydroxylation sites is 1. The van der Waals surface area contributed by atoms with Crippen molar-refractivity contribution in [1.29, 1.82) is 0 Å². The predicted octanol–water partition coefficient (Wildman–Crippen LogP) is 3.53. The van der Waals surface area contributed by atoms with Crippen LogP contribution in [0.4, 0.5) is 8.78 Å². The highest BCUT2D eigenvalue weighted by Gasteiger charge is 2.16. The maximum Gasteiger partial charge on any atom is 0.269 e. The molecule has 1 aromatic heterocycles. The molecule has 0 spiro atoms. The minimum absolute atomic E-state index is 0.167. The maximum absolute atomic E-state index is 14.2. The lowest BCUT2D eigenvalue weighted by molar-refractivity contribution is -0.119. The van der Waals surface area contributed by atoms with Crippen LogP contribution in [0.5, 0.6) is 0 Å². The van der Waals surface area contributed by atoms with Gasteiger partial charge in [0.1, 0.15) is 11.6 Å². The number of carbonyl (C=O) groups is 2. The quantitative estimate of drug-likeness (QED) is 0.259. The summed E-state index contributed by atoms with van der Waals surface area (Å²) in [6, 6.07) is 15.9. The maximum atomic E-state index is 14.2. The number of aryl methyl sites for hydroxylation is 1. The molecule has 0 saturated carbocycles. The molecule has 34 heavy (non-hydrogen) atoms. The number of halogens is 2. The van der Waals surface area contributed by atoms with Crippen molar-refractivity contribution in [3.63, 3.8) is 0 Å². The first-order valence-corrected chi connectivity index (χ1v) is 11.1.